The molecule has 2 aromatic carbocycles. The molecule has 26 heavy (non-hydrogen) atoms. The van der Waals surface area contributed by atoms with Crippen LogP contribution >= 0.6 is 11.6 Å². The maximum absolute atomic E-state index is 12.5. The number of hydrogen-bond acceptors (Lipinski definition) is 6. The highest BCUT2D eigenvalue weighted by molar-refractivity contribution is 7.92. The van der Waals surface area contributed by atoms with Crippen LogP contribution < -0.4 is 4.72 Å². The predicted molar refractivity (Wildman–Crippen MR) is 96.0 cm³/mol. The van der Waals surface area contributed by atoms with Gasteiger partial charge in [0.05, 0.1) is 40.4 Å². The van der Waals surface area contributed by atoms with Gasteiger partial charge >= 0.3 is 11.9 Å². The van der Waals surface area contributed by atoms with Gasteiger partial charge < -0.3 is 9.47 Å². The largest absolute Gasteiger partial charge is 0.465 e. The maximum Gasteiger partial charge on any atom is 0.339 e. The van der Waals surface area contributed by atoms with Crippen LogP contribution in [-0.2, 0) is 19.5 Å². The summed E-state index contributed by atoms with van der Waals surface area (Å²) < 4.78 is 36.8. The Morgan fingerprint density at radius 1 is 1.12 bits per heavy atom. The zero-order valence-electron chi connectivity index (χ0n) is 14.0. The van der Waals surface area contributed by atoms with Crippen molar-refractivity contribution >= 4 is 39.3 Å². The Kier molecular flexibility index (Phi) is 6.23. The van der Waals surface area contributed by atoms with Gasteiger partial charge in [-0.3, -0.25) is 4.72 Å². The van der Waals surface area contributed by atoms with Gasteiger partial charge in [-0.15, -0.1) is 0 Å². The van der Waals surface area contributed by atoms with Crippen LogP contribution in [0.3, 0.4) is 0 Å². The maximum atomic E-state index is 12.5. The molecule has 1 N–H and O–H groups in total. The lowest BCUT2D eigenvalue weighted by atomic mass is 10.2. The predicted octanol–water partition coefficient (Wildman–Crippen LogP) is 3.10. The second kappa shape index (κ2) is 8.20. The van der Waals surface area contributed by atoms with Crippen molar-refractivity contribution in [2.24, 2.45) is 0 Å². The Morgan fingerprint density at radius 3 is 2.46 bits per heavy atom. The molecule has 2 rings (SSSR count). The van der Waals surface area contributed by atoms with Crippen LogP contribution in [0.5, 0.6) is 0 Å². The molecule has 0 spiro atoms. The number of methoxy groups -OCH3 is 1. The third-order valence-electron chi connectivity index (χ3n) is 3.28. The topological polar surface area (TPSA) is 98.8 Å². The fraction of sp³-hybridized carbons (Fsp3) is 0.176. The van der Waals surface area contributed by atoms with Gasteiger partial charge in [-0.05, 0) is 43.3 Å². The van der Waals surface area contributed by atoms with E-state index in [4.69, 9.17) is 16.3 Å². The molecule has 9 heteroatoms. The van der Waals surface area contributed by atoms with Crippen LogP contribution in [0.2, 0.25) is 5.02 Å². The van der Waals surface area contributed by atoms with E-state index in [9.17, 15) is 18.0 Å². The minimum Gasteiger partial charge on any atom is -0.465 e. The van der Waals surface area contributed by atoms with E-state index in [0.717, 1.165) is 0 Å². The minimum absolute atomic E-state index is 0.0481. The Bertz CT molecular complexity index is 942. The number of anilines is 1. The summed E-state index contributed by atoms with van der Waals surface area (Å²) in [5.74, 6) is -1.25. The van der Waals surface area contributed by atoms with Crippen molar-refractivity contribution < 1.29 is 27.5 Å². The number of carbonyl (C=O) groups is 2. The van der Waals surface area contributed by atoms with E-state index in [0.29, 0.717) is 0 Å². The van der Waals surface area contributed by atoms with Crippen molar-refractivity contribution in [1.29, 1.82) is 0 Å². The first-order valence-electron chi connectivity index (χ1n) is 7.46. The molecule has 0 unspecified atom stereocenters. The van der Waals surface area contributed by atoms with Gasteiger partial charge in [0.1, 0.15) is 0 Å². The average Bonchev–Trinajstić information content (AvgIpc) is 2.61. The average molecular weight is 398 g/mol. The van der Waals surface area contributed by atoms with Crippen molar-refractivity contribution in [3.8, 4) is 0 Å². The van der Waals surface area contributed by atoms with Crippen LogP contribution in [0.1, 0.15) is 27.6 Å². The fourth-order valence-electron chi connectivity index (χ4n) is 2.08. The zero-order chi connectivity index (χ0) is 19.3. The fourth-order valence-corrected chi connectivity index (χ4v) is 3.43. The first-order chi connectivity index (χ1) is 12.3. The number of ether oxygens (including phenoxy) is 2. The molecule has 0 saturated carbocycles. The van der Waals surface area contributed by atoms with E-state index in [1.165, 1.54) is 49.6 Å². The number of hydrogen-bond donors (Lipinski definition) is 1. The molecule has 0 aromatic heterocycles. The van der Waals surface area contributed by atoms with E-state index in [1.54, 1.807) is 6.92 Å². The van der Waals surface area contributed by atoms with Gasteiger partial charge in [0, 0.05) is 0 Å². The summed E-state index contributed by atoms with van der Waals surface area (Å²) in [7, 11) is -2.77. The molecule has 0 bridgehead atoms. The second-order valence-corrected chi connectivity index (χ2v) is 7.13. The van der Waals surface area contributed by atoms with E-state index in [2.05, 4.69) is 9.46 Å². The van der Waals surface area contributed by atoms with Gasteiger partial charge in [0.2, 0.25) is 0 Å². The number of carbonyl (C=O) groups excluding carboxylic acids is 2. The summed E-state index contributed by atoms with van der Waals surface area (Å²) in [5.41, 5.74) is 0.390. The number of nitrogens with one attached hydrogen (secondary N) is 1. The van der Waals surface area contributed by atoms with Crippen molar-refractivity contribution in [2.75, 3.05) is 18.4 Å². The van der Waals surface area contributed by atoms with E-state index < -0.39 is 22.0 Å². The molecule has 7 nitrogen and oxygen atoms in total. The molecule has 0 heterocycles. The number of halogens is 1. The van der Waals surface area contributed by atoms with Crippen LogP contribution in [0, 0.1) is 0 Å². The molecule has 0 aliphatic carbocycles. The summed E-state index contributed by atoms with van der Waals surface area (Å²) in [5, 5.41) is 0.0481. The van der Waals surface area contributed by atoms with Gasteiger partial charge in [-0.2, -0.15) is 0 Å². The van der Waals surface area contributed by atoms with Gasteiger partial charge in [-0.25, -0.2) is 18.0 Å². The standard InChI is InChI=1S/C17H16ClNO6S/c1-3-25-17(21)14-8-7-12(10-15(14)18)19-26(22,23)13-6-4-5-11(9-13)16(20)24-2/h4-10,19H,3H2,1-2H3. The van der Waals surface area contributed by atoms with Crippen molar-refractivity contribution in [1.82, 2.24) is 0 Å². The highest BCUT2D eigenvalue weighted by atomic mass is 35.5. The lowest BCUT2D eigenvalue weighted by molar-refractivity contribution is 0.0525. The molecule has 0 amide bonds. The van der Waals surface area contributed by atoms with Gasteiger partial charge in [-0.1, -0.05) is 17.7 Å². The lowest BCUT2D eigenvalue weighted by Gasteiger charge is -2.11. The Morgan fingerprint density at radius 2 is 1.85 bits per heavy atom. The first-order valence-corrected chi connectivity index (χ1v) is 9.32. The number of rotatable bonds is 6. The van der Waals surface area contributed by atoms with Gasteiger partial charge in [0.15, 0.2) is 0 Å². The van der Waals surface area contributed by atoms with E-state index in [-0.39, 0.29) is 33.3 Å². The minimum atomic E-state index is -3.97. The summed E-state index contributed by atoms with van der Waals surface area (Å²) in [4.78, 5) is 23.2. The molecule has 2 aromatic rings. The Labute approximate surface area is 155 Å². The molecule has 0 radical (unpaired) electrons. The molecule has 0 aliphatic rings. The monoisotopic (exact) mass is 397 g/mol. The quantitative estimate of drug-likeness (QED) is 0.752. The summed E-state index contributed by atoms with van der Waals surface area (Å²) >= 11 is 6.02. The van der Waals surface area contributed by atoms with Crippen molar-refractivity contribution in [2.45, 2.75) is 11.8 Å². The number of sulfonamides is 1. The molecule has 0 aliphatic heterocycles. The van der Waals surface area contributed by atoms with Crippen LogP contribution in [0.15, 0.2) is 47.4 Å². The molecule has 138 valence electrons. The molecule has 0 saturated heterocycles. The summed E-state index contributed by atoms with van der Waals surface area (Å²) in [6.07, 6.45) is 0. The zero-order valence-corrected chi connectivity index (χ0v) is 15.6. The second-order valence-electron chi connectivity index (χ2n) is 5.04. The van der Waals surface area contributed by atoms with E-state index >= 15 is 0 Å². The highest BCUT2D eigenvalue weighted by Gasteiger charge is 2.18. The molecular formula is C17H16ClNO6S. The van der Waals surface area contributed by atoms with Gasteiger partial charge in [0.25, 0.3) is 10.0 Å². The third kappa shape index (κ3) is 4.53. The van der Waals surface area contributed by atoms with Crippen molar-refractivity contribution in [3.63, 3.8) is 0 Å². The Hall–Kier alpha value is -2.58. The summed E-state index contributed by atoms with van der Waals surface area (Å²) in [6, 6.07) is 9.46. The highest BCUT2D eigenvalue weighted by Crippen LogP contribution is 2.24. The smallest absolute Gasteiger partial charge is 0.339 e. The van der Waals surface area contributed by atoms with Crippen LogP contribution in [0.4, 0.5) is 5.69 Å². The molecular weight excluding hydrogens is 382 g/mol. The number of esters is 2. The van der Waals surface area contributed by atoms with Crippen LogP contribution in [-0.4, -0.2) is 34.1 Å². The van der Waals surface area contributed by atoms with Crippen LogP contribution in [0.25, 0.3) is 0 Å². The lowest BCUT2D eigenvalue weighted by Crippen LogP contribution is -2.14. The number of benzene rings is 2. The molecule has 0 fully saturated rings. The SMILES string of the molecule is CCOC(=O)c1ccc(NS(=O)(=O)c2cccc(C(=O)OC)c2)cc1Cl. The van der Waals surface area contributed by atoms with E-state index in [1.807, 2.05) is 0 Å². The van der Waals surface area contributed by atoms with Crippen molar-refractivity contribution in [3.05, 3.63) is 58.6 Å². The Balaban J connectivity index is 2.28. The summed E-state index contributed by atoms with van der Waals surface area (Å²) in [6.45, 7) is 1.86. The molecule has 0 atom stereocenters. The normalized spacial score (nSPS) is 10.9. The first kappa shape index (κ1) is 19.7. The third-order valence-corrected chi connectivity index (χ3v) is 4.97.